The summed E-state index contributed by atoms with van der Waals surface area (Å²) in [6.07, 6.45) is 19.6. The molecule has 0 aliphatic heterocycles. The fourth-order valence-corrected chi connectivity index (χ4v) is 2.84. The molecule has 0 aromatic heterocycles. The van der Waals surface area contributed by atoms with Gasteiger partial charge in [-0.3, -0.25) is 0 Å². The van der Waals surface area contributed by atoms with Crippen LogP contribution in [0.3, 0.4) is 0 Å². The second-order valence-corrected chi connectivity index (χ2v) is 6.91. The molecule has 0 amide bonds. The number of carbonyl (C=O) groups excluding carboxylic acids is 1. The summed E-state index contributed by atoms with van der Waals surface area (Å²) in [5.74, 6) is -0.157. The molecular weight excluding hydrogens is 324 g/mol. The van der Waals surface area contributed by atoms with Gasteiger partial charge in [0.1, 0.15) is 5.75 Å². The third kappa shape index (κ3) is 11.7. The van der Waals surface area contributed by atoms with Crippen molar-refractivity contribution < 1.29 is 14.6 Å². The fourth-order valence-electron chi connectivity index (χ4n) is 2.84. The maximum atomic E-state index is 11.8. The van der Waals surface area contributed by atoms with E-state index >= 15 is 0 Å². The van der Waals surface area contributed by atoms with E-state index in [4.69, 9.17) is 4.74 Å². The maximum absolute atomic E-state index is 11.8. The third-order valence-electron chi connectivity index (χ3n) is 4.49. The van der Waals surface area contributed by atoms with Crippen LogP contribution in [0.2, 0.25) is 0 Å². The van der Waals surface area contributed by atoms with Crippen LogP contribution in [0.15, 0.2) is 36.4 Å². The summed E-state index contributed by atoms with van der Waals surface area (Å²) in [5.41, 5.74) is 0.487. The van der Waals surface area contributed by atoms with Gasteiger partial charge in [-0.15, -0.1) is 0 Å². The maximum Gasteiger partial charge on any atom is 0.338 e. The molecule has 0 atom stereocenters. The number of unbranched alkanes of at least 4 members (excludes halogenated alkanes) is 10. The Kier molecular flexibility index (Phi) is 13.3. The zero-order valence-electron chi connectivity index (χ0n) is 16.4. The molecule has 0 saturated heterocycles. The van der Waals surface area contributed by atoms with Crippen LogP contribution in [-0.2, 0) is 4.74 Å². The van der Waals surface area contributed by atoms with Crippen LogP contribution < -0.4 is 0 Å². The van der Waals surface area contributed by atoms with Crippen LogP contribution in [0.1, 0.15) is 94.3 Å². The first kappa shape index (κ1) is 22.3. The number of benzene rings is 1. The number of esters is 1. The number of ether oxygens (including phenoxy) is 1. The van der Waals surface area contributed by atoms with Gasteiger partial charge in [-0.1, -0.05) is 64.0 Å². The molecule has 3 heteroatoms. The Balaban J connectivity index is 1.87. The summed E-state index contributed by atoms with van der Waals surface area (Å²) in [6, 6.07) is 6.16. The summed E-state index contributed by atoms with van der Waals surface area (Å²) in [5, 5.41) is 9.20. The molecule has 0 aliphatic rings. The van der Waals surface area contributed by atoms with Gasteiger partial charge in [0.25, 0.3) is 0 Å². The quantitative estimate of drug-likeness (QED) is 0.212. The number of aromatic hydroxyl groups is 1. The lowest BCUT2D eigenvalue weighted by molar-refractivity contribution is 0.0497. The van der Waals surface area contributed by atoms with Crippen LogP contribution in [0, 0.1) is 0 Å². The van der Waals surface area contributed by atoms with Crippen molar-refractivity contribution in [3.05, 3.63) is 42.0 Å². The minimum Gasteiger partial charge on any atom is -0.508 e. The first-order chi connectivity index (χ1) is 12.7. The lowest BCUT2D eigenvalue weighted by Gasteiger charge is -2.05. The second kappa shape index (κ2) is 15.5. The standard InChI is InChI=1S/C23H36O3/c1-2-3-4-5-6-7-8-9-10-11-12-13-14-15-20-26-23(25)21-16-18-22(24)19-17-21/h7-8,16-19,24H,2-6,9-15,20H2,1H3/b8-7-. The summed E-state index contributed by atoms with van der Waals surface area (Å²) in [7, 11) is 0. The first-order valence-corrected chi connectivity index (χ1v) is 10.3. The highest BCUT2D eigenvalue weighted by atomic mass is 16.5. The molecule has 0 aliphatic carbocycles. The largest absolute Gasteiger partial charge is 0.508 e. The van der Waals surface area contributed by atoms with Crippen LogP contribution in [0.5, 0.6) is 5.75 Å². The Morgan fingerprint density at radius 2 is 1.38 bits per heavy atom. The van der Waals surface area contributed by atoms with E-state index in [0.29, 0.717) is 12.2 Å². The fraction of sp³-hybridized carbons (Fsp3) is 0.609. The Morgan fingerprint density at radius 1 is 0.846 bits per heavy atom. The lowest BCUT2D eigenvalue weighted by atomic mass is 10.1. The molecule has 0 saturated carbocycles. The normalized spacial score (nSPS) is 11.1. The molecule has 0 bridgehead atoms. The van der Waals surface area contributed by atoms with E-state index in [9.17, 15) is 9.90 Å². The zero-order valence-corrected chi connectivity index (χ0v) is 16.4. The highest BCUT2D eigenvalue weighted by molar-refractivity contribution is 5.89. The number of allylic oxidation sites excluding steroid dienone is 2. The van der Waals surface area contributed by atoms with E-state index < -0.39 is 0 Å². The number of phenolic OH excluding ortho intramolecular Hbond substituents is 1. The van der Waals surface area contributed by atoms with Gasteiger partial charge in [-0.2, -0.15) is 0 Å². The molecule has 0 radical (unpaired) electrons. The van der Waals surface area contributed by atoms with E-state index in [1.165, 1.54) is 76.3 Å². The molecule has 146 valence electrons. The van der Waals surface area contributed by atoms with Crippen molar-refractivity contribution in [2.75, 3.05) is 6.61 Å². The van der Waals surface area contributed by atoms with Gasteiger partial charge >= 0.3 is 5.97 Å². The Bertz CT molecular complexity index is 491. The third-order valence-corrected chi connectivity index (χ3v) is 4.49. The highest BCUT2D eigenvalue weighted by Gasteiger charge is 2.06. The van der Waals surface area contributed by atoms with Crippen LogP contribution in [-0.4, -0.2) is 17.7 Å². The van der Waals surface area contributed by atoms with Crippen molar-refractivity contribution in [1.29, 1.82) is 0 Å². The first-order valence-electron chi connectivity index (χ1n) is 10.3. The van der Waals surface area contributed by atoms with Gasteiger partial charge in [0.2, 0.25) is 0 Å². The van der Waals surface area contributed by atoms with E-state index in [1.807, 2.05) is 0 Å². The predicted octanol–water partition coefficient (Wildman–Crippen LogP) is 6.81. The van der Waals surface area contributed by atoms with Gasteiger partial charge in [0, 0.05) is 0 Å². The Labute approximate surface area is 159 Å². The van der Waals surface area contributed by atoms with E-state index in [2.05, 4.69) is 19.1 Å². The van der Waals surface area contributed by atoms with Crippen molar-refractivity contribution >= 4 is 5.97 Å². The molecule has 0 unspecified atom stereocenters. The van der Waals surface area contributed by atoms with Gasteiger partial charge < -0.3 is 9.84 Å². The Hall–Kier alpha value is -1.77. The molecular formula is C23H36O3. The van der Waals surface area contributed by atoms with Gasteiger partial charge in [0.05, 0.1) is 12.2 Å². The summed E-state index contributed by atoms with van der Waals surface area (Å²) in [4.78, 5) is 11.8. The molecule has 0 heterocycles. The van der Waals surface area contributed by atoms with Crippen molar-refractivity contribution in [3.8, 4) is 5.75 Å². The summed E-state index contributed by atoms with van der Waals surface area (Å²) < 4.78 is 5.25. The van der Waals surface area contributed by atoms with Crippen molar-refractivity contribution in [3.63, 3.8) is 0 Å². The average Bonchev–Trinajstić information content (AvgIpc) is 2.65. The van der Waals surface area contributed by atoms with E-state index in [1.54, 1.807) is 12.1 Å². The number of hydrogen-bond acceptors (Lipinski definition) is 3. The van der Waals surface area contributed by atoms with Crippen molar-refractivity contribution in [2.24, 2.45) is 0 Å². The molecule has 1 aromatic carbocycles. The molecule has 0 spiro atoms. The van der Waals surface area contributed by atoms with Crippen molar-refractivity contribution in [2.45, 2.75) is 84.0 Å². The monoisotopic (exact) mass is 360 g/mol. The molecule has 0 fully saturated rings. The summed E-state index contributed by atoms with van der Waals surface area (Å²) in [6.45, 7) is 2.72. The van der Waals surface area contributed by atoms with Gasteiger partial charge in [-0.25, -0.2) is 4.79 Å². The predicted molar refractivity (Wildman–Crippen MR) is 109 cm³/mol. The molecule has 1 aromatic rings. The molecule has 3 nitrogen and oxygen atoms in total. The van der Waals surface area contributed by atoms with Crippen LogP contribution in [0.4, 0.5) is 0 Å². The highest BCUT2D eigenvalue weighted by Crippen LogP contribution is 2.12. The average molecular weight is 361 g/mol. The number of carbonyl (C=O) groups is 1. The van der Waals surface area contributed by atoms with Crippen LogP contribution in [0.25, 0.3) is 0 Å². The number of phenols is 1. The molecule has 1 N–H and O–H groups in total. The van der Waals surface area contributed by atoms with E-state index in [0.717, 1.165) is 12.8 Å². The SMILES string of the molecule is CCCCCC/C=C\CCCCCCCCOC(=O)c1ccc(O)cc1. The summed E-state index contributed by atoms with van der Waals surface area (Å²) >= 11 is 0. The van der Waals surface area contributed by atoms with Gasteiger partial charge in [0.15, 0.2) is 0 Å². The van der Waals surface area contributed by atoms with Crippen molar-refractivity contribution in [1.82, 2.24) is 0 Å². The Morgan fingerprint density at radius 3 is 2.00 bits per heavy atom. The smallest absolute Gasteiger partial charge is 0.338 e. The van der Waals surface area contributed by atoms with Crippen LogP contribution >= 0.6 is 0 Å². The van der Waals surface area contributed by atoms with E-state index in [-0.39, 0.29) is 11.7 Å². The second-order valence-electron chi connectivity index (χ2n) is 6.91. The van der Waals surface area contributed by atoms with Gasteiger partial charge in [-0.05, 0) is 56.4 Å². The minimum atomic E-state index is -0.313. The topological polar surface area (TPSA) is 46.5 Å². The molecule has 1 rings (SSSR count). The number of hydrogen-bond donors (Lipinski definition) is 1. The molecule has 26 heavy (non-hydrogen) atoms. The lowest BCUT2D eigenvalue weighted by Crippen LogP contribution is -2.06. The minimum absolute atomic E-state index is 0.156. The zero-order chi connectivity index (χ0) is 18.9. The number of rotatable bonds is 15.